The molecule has 0 saturated carbocycles. The second-order valence-electron chi connectivity index (χ2n) is 3.97. The predicted molar refractivity (Wildman–Crippen MR) is 79.0 cm³/mol. The Balaban J connectivity index is 2.08. The molecule has 0 fully saturated rings. The van der Waals surface area contributed by atoms with Gasteiger partial charge in [0, 0.05) is 7.05 Å². The molecular weight excluding hydrogens is 220 g/mol. The van der Waals surface area contributed by atoms with Gasteiger partial charge >= 0.3 is 0 Å². The van der Waals surface area contributed by atoms with Crippen LogP contribution >= 0.6 is 0 Å². The Morgan fingerprint density at radius 2 is 1.56 bits per heavy atom. The maximum Gasteiger partial charge on any atom is 0.0590 e. The highest BCUT2D eigenvalue weighted by Crippen LogP contribution is 2.11. The number of hydrogen-bond acceptors (Lipinski definition) is 2. The predicted octanol–water partition coefficient (Wildman–Crippen LogP) is 3.80. The Kier molecular flexibility index (Phi) is 3.92. The molecule has 0 aliphatic carbocycles. The maximum absolute atomic E-state index is 4.40. The highest BCUT2D eigenvalue weighted by Gasteiger charge is 1.95. The fraction of sp³-hybridized carbons (Fsp3) is 0.0625. The fourth-order valence-electron chi connectivity index (χ4n) is 1.58. The van der Waals surface area contributed by atoms with Crippen LogP contribution in [0.1, 0.15) is 11.1 Å². The van der Waals surface area contributed by atoms with Crippen molar-refractivity contribution in [1.29, 1.82) is 0 Å². The van der Waals surface area contributed by atoms with Gasteiger partial charge in [0.1, 0.15) is 0 Å². The molecule has 0 bridgehead atoms. The summed E-state index contributed by atoms with van der Waals surface area (Å²) in [5.41, 5.74) is 3.25. The average molecular weight is 236 g/mol. The number of hydrazone groups is 1. The zero-order valence-corrected chi connectivity index (χ0v) is 10.5. The van der Waals surface area contributed by atoms with Crippen LogP contribution in [0.5, 0.6) is 0 Å². The summed E-state index contributed by atoms with van der Waals surface area (Å²) in [7, 11) is 1.93. The van der Waals surface area contributed by atoms with Gasteiger partial charge in [-0.05, 0) is 23.3 Å². The van der Waals surface area contributed by atoms with E-state index in [4.69, 9.17) is 0 Å². The molecule has 2 heteroatoms. The highest BCUT2D eigenvalue weighted by atomic mass is 15.4. The molecule has 0 heterocycles. The van der Waals surface area contributed by atoms with Crippen LogP contribution in [0.4, 0.5) is 5.69 Å². The van der Waals surface area contributed by atoms with E-state index >= 15 is 0 Å². The highest BCUT2D eigenvalue weighted by molar-refractivity contribution is 5.80. The quantitative estimate of drug-likeness (QED) is 0.582. The van der Waals surface area contributed by atoms with E-state index in [0.29, 0.717) is 0 Å². The SMILES string of the molecule is C=Cc1ccc(/C=N/N(C)c2ccccc2)cc1. The van der Waals surface area contributed by atoms with Gasteiger partial charge in [0.15, 0.2) is 0 Å². The lowest BCUT2D eigenvalue weighted by molar-refractivity contribution is 1.02. The molecule has 0 radical (unpaired) electrons. The number of rotatable bonds is 4. The molecule has 0 spiro atoms. The molecule has 2 nitrogen and oxygen atoms in total. The normalized spacial score (nSPS) is 10.5. The summed E-state index contributed by atoms with van der Waals surface area (Å²) in [6.45, 7) is 3.73. The van der Waals surface area contributed by atoms with Crippen molar-refractivity contribution in [3.8, 4) is 0 Å². The van der Waals surface area contributed by atoms with Crippen molar-refractivity contribution in [3.05, 3.63) is 72.3 Å². The van der Waals surface area contributed by atoms with Crippen LogP contribution in [0, 0.1) is 0 Å². The van der Waals surface area contributed by atoms with Crippen LogP contribution in [0.2, 0.25) is 0 Å². The van der Waals surface area contributed by atoms with Gasteiger partial charge in [-0.25, -0.2) is 0 Å². The number of anilines is 1. The second kappa shape index (κ2) is 5.82. The van der Waals surface area contributed by atoms with E-state index in [1.165, 1.54) is 0 Å². The first-order valence-corrected chi connectivity index (χ1v) is 5.85. The molecule has 2 aromatic rings. The molecule has 18 heavy (non-hydrogen) atoms. The van der Waals surface area contributed by atoms with Gasteiger partial charge in [-0.1, -0.05) is 55.1 Å². The van der Waals surface area contributed by atoms with Crippen molar-refractivity contribution in [2.75, 3.05) is 12.1 Å². The van der Waals surface area contributed by atoms with Gasteiger partial charge < -0.3 is 0 Å². The third kappa shape index (κ3) is 3.08. The number of nitrogens with zero attached hydrogens (tertiary/aromatic N) is 2. The summed E-state index contributed by atoms with van der Waals surface area (Å²) < 4.78 is 0. The Labute approximate surface area is 108 Å². The third-order valence-electron chi connectivity index (χ3n) is 2.68. The summed E-state index contributed by atoms with van der Waals surface area (Å²) >= 11 is 0. The zero-order chi connectivity index (χ0) is 12.8. The number of para-hydroxylation sites is 1. The molecule has 0 N–H and O–H groups in total. The van der Waals surface area contributed by atoms with E-state index in [2.05, 4.69) is 11.7 Å². The van der Waals surface area contributed by atoms with E-state index in [0.717, 1.165) is 16.8 Å². The number of hydrogen-bond donors (Lipinski definition) is 0. The van der Waals surface area contributed by atoms with Crippen LogP contribution in [0.15, 0.2) is 66.3 Å². The summed E-state index contributed by atoms with van der Waals surface area (Å²) in [5, 5.41) is 6.25. The van der Waals surface area contributed by atoms with Gasteiger partial charge in [-0.3, -0.25) is 5.01 Å². The average Bonchev–Trinajstić information content (AvgIpc) is 2.46. The van der Waals surface area contributed by atoms with Crippen molar-refractivity contribution in [3.63, 3.8) is 0 Å². The first kappa shape index (κ1) is 12.1. The molecule has 0 atom stereocenters. The molecule has 0 aliphatic rings. The second-order valence-corrected chi connectivity index (χ2v) is 3.97. The lowest BCUT2D eigenvalue weighted by Crippen LogP contribution is -2.08. The van der Waals surface area contributed by atoms with Crippen LogP contribution in [0.3, 0.4) is 0 Å². The molecule has 2 aromatic carbocycles. The smallest absolute Gasteiger partial charge is 0.0590 e. The summed E-state index contributed by atoms with van der Waals surface area (Å²) in [6.07, 6.45) is 3.68. The van der Waals surface area contributed by atoms with Gasteiger partial charge in [-0.15, -0.1) is 0 Å². The van der Waals surface area contributed by atoms with Crippen molar-refractivity contribution in [2.45, 2.75) is 0 Å². The minimum absolute atomic E-state index is 1.07. The summed E-state index contributed by atoms with van der Waals surface area (Å²) in [6, 6.07) is 18.2. The molecule has 0 unspecified atom stereocenters. The van der Waals surface area contributed by atoms with E-state index in [-0.39, 0.29) is 0 Å². The Morgan fingerprint density at radius 1 is 0.944 bits per heavy atom. The monoisotopic (exact) mass is 236 g/mol. The minimum Gasteiger partial charge on any atom is -0.269 e. The summed E-state index contributed by atoms with van der Waals surface area (Å²) in [4.78, 5) is 0. The van der Waals surface area contributed by atoms with Crippen molar-refractivity contribution in [1.82, 2.24) is 0 Å². The first-order valence-electron chi connectivity index (χ1n) is 5.85. The largest absolute Gasteiger partial charge is 0.269 e. The first-order chi connectivity index (χ1) is 8.79. The molecule has 0 amide bonds. The van der Waals surface area contributed by atoms with Crippen molar-refractivity contribution in [2.24, 2.45) is 5.10 Å². The van der Waals surface area contributed by atoms with Gasteiger partial charge in [0.2, 0.25) is 0 Å². The molecule has 2 rings (SSSR count). The van der Waals surface area contributed by atoms with Crippen LogP contribution in [0.25, 0.3) is 6.08 Å². The van der Waals surface area contributed by atoms with Gasteiger partial charge in [-0.2, -0.15) is 5.10 Å². The zero-order valence-electron chi connectivity index (χ0n) is 10.5. The minimum atomic E-state index is 1.07. The Morgan fingerprint density at radius 3 is 2.17 bits per heavy atom. The Bertz CT molecular complexity index is 527. The third-order valence-corrected chi connectivity index (χ3v) is 2.68. The standard InChI is InChI=1S/C16H16N2/c1-3-14-9-11-15(12-10-14)13-17-18(2)16-7-5-4-6-8-16/h3-13H,1H2,2H3/b17-13+. The fourth-order valence-corrected chi connectivity index (χ4v) is 1.58. The maximum atomic E-state index is 4.40. The molecule has 0 aliphatic heterocycles. The van der Waals surface area contributed by atoms with E-state index in [1.54, 1.807) is 0 Å². The molecule has 90 valence electrons. The topological polar surface area (TPSA) is 15.6 Å². The molecule has 0 aromatic heterocycles. The van der Waals surface area contributed by atoms with E-state index in [9.17, 15) is 0 Å². The van der Waals surface area contributed by atoms with Gasteiger partial charge in [0.25, 0.3) is 0 Å². The molecular formula is C16H16N2. The van der Waals surface area contributed by atoms with Crippen LogP contribution in [-0.2, 0) is 0 Å². The summed E-state index contributed by atoms with van der Waals surface area (Å²) in [5.74, 6) is 0. The number of benzene rings is 2. The van der Waals surface area contributed by atoms with Crippen molar-refractivity contribution < 1.29 is 0 Å². The van der Waals surface area contributed by atoms with E-state index in [1.807, 2.05) is 78.9 Å². The lowest BCUT2D eigenvalue weighted by atomic mass is 10.1. The van der Waals surface area contributed by atoms with Crippen molar-refractivity contribution >= 4 is 18.0 Å². The van der Waals surface area contributed by atoms with Crippen LogP contribution < -0.4 is 5.01 Å². The van der Waals surface area contributed by atoms with Gasteiger partial charge in [0.05, 0.1) is 11.9 Å². The van der Waals surface area contributed by atoms with Crippen LogP contribution in [-0.4, -0.2) is 13.3 Å². The molecule has 0 saturated heterocycles. The Hall–Kier alpha value is -2.35. The van der Waals surface area contributed by atoms with E-state index < -0.39 is 0 Å². The lowest BCUT2D eigenvalue weighted by Gasteiger charge is -2.12.